The molecule has 1 aromatic heterocycles. The third kappa shape index (κ3) is 3.15. The Hall–Kier alpha value is -1.69. The highest BCUT2D eigenvalue weighted by atomic mass is 79.9. The molecule has 0 saturated heterocycles. The fourth-order valence-corrected chi connectivity index (χ4v) is 2.56. The van der Waals surface area contributed by atoms with E-state index in [0.29, 0.717) is 12.1 Å². The van der Waals surface area contributed by atoms with E-state index in [1.807, 2.05) is 13.8 Å². The van der Waals surface area contributed by atoms with Crippen molar-refractivity contribution in [3.05, 3.63) is 45.4 Å². The highest BCUT2D eigenvalue weighted by Crippen LogP contribution is 2.24. The first-order chi connectivity index (χ1) is 9.97. The van der Waals surface area contributed by atoms with Gasteiger partial charge in [0.2, 0.25) is 0 Å². The number of ketones is 1. The Balaban J connectivity index is 2.28. The summed E-state index contributed by atoms with van der Waals surface area (Å²) >= 11 is 3.45. The standard InChI is InChI=1S/C15H16BrFN2O2/c1-4-19-12(15(16)9(2)18-19)8-13(20)10-5-6-14(21-3)11(17)7-10/h5-7H,4,8H2,1-3H3. The van der Waals surface area contributed by atoms with Crippen LogP contribution < -0.4 is 4.74 Å². The van der Waals surface area contributed by atoms with Gasteiger partial charge in [-0.25, -0.2) is 4.39 Å². The zero-order valence-electron chi connectivity index (χ0n) is 12.1. The zero-order chi connectivity index (χ0) is 15.6. The fraction of sp³-hybridized carbons (Fsp3) is 0.333. The molecule has 0 aliphatic heterocycles. The molecule has 0 N–H and O–H groups in total. The molecule has 0 amide bonds. The van der Waals surface area contributed by atoms with Crippen molar-refractivity contribution in [2.75, 3.05) is 7.11 Å². The molecule has 0 aliphatic rings. The molecule has 0 radical (unpaired) electrons. The van der Waals surface area contributed by atoms with Gasteiger partial charge in [-0.3, -0.25) is 9.48 Å². The van der Waals surface area contributed by atoms with Crippen molar-refractivity contribution in [1.82, 2.24) is 9.78 Å². The molecule has 0 spiro atoms. The van der Waals surface area contributed by atoms with E-state index in [0.717, 1.165) is 15.9 Å². The van der Waals surface area contributed by atoms with Crippen molar-refractivity contribution in [2.45, 2.75) is 26.8 Å². The lowest BCUT2D eigenvalue weighted by atomic mass is 10.1. The lowest BCUT2D eigenvalue weighted by molar-refractivity contribution is 0.0990. The molecular weight excluding hydrogens is 339 g/mol. The van der Waals surface area contributed by atoms with Crippen LogP contribution >= 0.6 is 15.9 Å². The van der Waals surface area contributed by atoms with Crippen LogP contribution in [0.2, 0.25) is 0 Å². The molecule has 21 heavy (non-hydrogen) atoms. The van der Waals surface area contributed by atoms with Crippen molar-refractivity contribution in [1.29, 1.82) is 0 Å². The van der Waals surface area contributed by atoms with Gasteiger partial charge in [-0.15, -0.1) is 0 Å². The number of rotatable bonds is 5. The van der Waals surface area contributed by atoms with Gasteiger partial charge in [0, 0.05) is 12.1 Å². The molecule has 0 unspecified atom stereocenters. The first-order valence-electron chi connectivity index (χ1n) is 6.56. The van der Waals surface area contributed by atoms with Crippen LogP contribution in [0.15, 0.2) is 22.7 Å². The number of ether oxygens (including phenoxy) is 1. The lowest BCUT2D eigenvalue weighted by Crippen LogP contribution is -2.10. The zero-order valence-corrected chi connectivity index (χ0v) is 13.7. The van der Waals surface area contributed by atoms with Crippen LogP contribution in [0.1, 0.15) is 28.7 Å². The van der Waals surface area contributed by atoms with Crippen LogP contribution in [0, 0.1) is 12.7 Å². The summed E-state index contributed by atoms with van der Waals surface area (Å²) in [4.78, 5) is 12.3. The maximum absolute atomic E-state index is 13.7. The van der Waals surface area contributed by atoms with E-state index in [4.69, 9.17) is 4.74 Å². The number of hydrogen-bond donors (Lipinski definition) is 0. The maximum atomic E-state index is 13.7. The molecule has 1 aromatic carbocycles. The number of carbonyl (C=O) groups is 1. The molecule has 4 nitrogen and oxygen atoms in total. The number of Topliss-reactive ketones (excluding diaryl/α,β-unsaturated/α-hetero) is 1. The summed E-state index contributed by atoms with van der Waals surface area (Å²) in [6.07, 6.45) is 0.168. The second kappa shape index (κ2) is 6.39. The minimum atomic E-state index is -0.539. The average Bonchev–Trinajstić information content (AvgIpc) is 2.74. The third-order valence-corrected chi connectivity index (χ3v) is 4.29. The highest BCUT2D eigenvalue weighted by molar-refractivity contribution is 9.10. The number of aryl methyl sites for hydroxylation is 2. The molecule has 2 rings (SSSR count). The van der Waals surface area contributed by atoms with Crippen molar-refractivity contribution in [2.24, 2.45) is 0 Å². The largest absolute Gasteiger partial charge is 0.494 e. The molecular formula is C15H16BrFN2O2. The first kappa shape index (κ1) is 15.7. The predicted molar refractivity (Wildman–Crippen MR) is 81.3 cm³/mol. The smallest absolute Gasteiger partial charge is 0.168 e. The summed E-state index contributed by atoms with van der Waals surface area (Å²) < 4.78 is 21.1. The molecule has 0 bridgehead atoms. The summed E-state index contributed by atoms with van der Waals surface area (Å²) in [7, 11) is 1.39. The second-order valence-electron chi connectivity index (χ2n) is 4.61. The van der Waals surface area contributed by atoms with Crippen LogP contribution in [0.4, 0.5) is 4.39 Å². The number of halogens is 2. The topological polar surface area (TPSA) is 44.1 Å². The monoisotopic (exact) mass is 354 g/mol. The SMILES string of the molecule is CCn1nc(C)c(Br)c1CC(=O)c1ccc(OC)c(F)c1. The van der Waals surface area contributed by atoms with Gasteiger partial charge in [-0.05, 0) is 48.0 Å². The summed E-state index contributed by atoms with van der Waals surface area (Å²) in [6, 6.07) is 4.23. The van der Waals surface area contributed by atoms with E-state index in [2.05, 4.69) is 21.0 Å². The Labute approximate surface area is 131 Å². The van der Waals surface area contributed by atoms with Crippen LogP contribution in [-0.4, -0.2) is 22.7 Å². The van der Waals surface area contributed by atoms with Gasteiger partial charge in [-0.2, -0.15) is 5.10 Å². The Bertz CT molecular complexity index is 683. The van der Waals surface area contributed by atoms with E-state index in [1.54, 1.807) is 10.7 Å². The molecule has 0 fully saturated rings. The van der Waals surface area contributed by atoms with Crippen LogP contribution in [0.3, 0.4) is 0 Å². The van der Waals surface area contributed by atoms with Crippen molar-refractivity contribution in [3.8, 4) is 5.75 Å². The van der Waals surface area contributed by atoms with E-state index in [9.17, 15) is 9.18 Å². The number of benzene rings is 1. The van der Waals surface area contributed by atoms with E-state index in [1.165, 1.54) is 19.2 Å². The summed E-state index contributed by atoms with van der Waals surface area (Å²) in [5.41, 5.74) is 1.96. The van der Waals surface area contributed by atoms with Crippen molar-refractivity contribution in [3.63, 3.8) is 0 Å². The molecule has 0 aliphatic carbocycles. The summed E-state index contributed by atoms with van der Waals surface area (Å²) in [5, 5.41) is 4.34. The predicted octanol–water partition coefficient (Wildman–Crippen LogP) is 3.55. The normalized spacial score (nSPS) is 10.7. The highest BCUT2D eigenvalue weighted by Gasteiger charge is 2.17. The van der Waals surface area contributed by atoms with E-state index in [-0.39, 0.29) is 18.0 Å². The van der Waals surface area contributed by atoms with Gasteiger partial charge >= 0.3 is 0 Å². The molecule has 6 heteroatoms. The quantitative estimate of drug-likeness (QED) is 0.771. The molecule has 0 saturated carbocycles. The summed E-state index contributed by atoms with van der Waals surface area (Å²) in [6.45, 7) is 4.50. The molecule has 2 aromatic rings. The van der Waals surface area contributed by atoms with Crippen LogP contribution in [0.25, 0.3) is 0 Å². The van der Waals surface area contributed by atoms with Gasteiger partial charge < -0.3 is 4.74 Å². The Morgan fingerprint density at radius 1 is 1.48 bits per heavy atom. The summed E-state index contributed by atoms with van der Waals surface area (Å²) in [5.74, 6) is -0.573. The van der Waals surface area contributed by atoms with Gasteiger partial charge in [0.25, 0.3) is 0 Å². The minimum Gasteiger partial charge on any atom is -0.494 e. The Morgan fingerprint density at radius 2 is 2.19 bits per heavy atom. The Kier molecular flexibility index (Phi) is 4.77. The van der Waals surface area contributed by atoms with Gasteiger partial charge in [0.15, 0.2) is 17.3 Å². The maximum Gasteiger partial charge on any atom is 0.168 e. The van der Waals surface area contributed by atoms with E-state index >= 15 is 0 Å². The fourth-order valence-electron chi connectivity index (χ4n) is 2.13. The van der Waals surface area contributed by atoms with E-state index < -0.39 is 5.82 Å². The van der Waals surface area contributed by atoms with Gasteiger partial charge in [0.1, 0.15) is 0 Å². The average molecular weight is 355 g/mol. The third-order valence-electron chi connectivity index (χ3n) is 3.25. The molecule has 1 heterocycles. The first-order valence-corrected chi connectivity index (χ1v) is 7.35. The van der Waals surface area contributed by atoms with Crippen LogP contribution in [-0.2, 0) is 13.0 Å². The lowest BCUT2D eigenvalue weighted by Gasteiger charge is -2.07. The number of hydrogen-bond acceptors (Lipinski definition) is 3. The van der Waals surface area contributed by atoms with Crippen molar-refractivity contribution >= 4 is 21.7 Å². The molecule has 0 atom stereocenters. The molecule has 112 valence electrons. The second-order valence-corrected chi connectivity index (χ2v) is 5.40. The van der Waals surface area contributed by atoms with Crippen molar-refractivity contribution < 1.29 is 13.9 Å². The minimum absolute atomic E-state index is 0.127. The number of methoxy groups -OCH3 is 1. The number of nitrogens with zero attached hydrogens (tertiary/aromatic N) is 2. The van der Waals surface area contributed by atoms with Gasteiger partial charge in [0.05, 0.1) is 29.4 Å². The van der Waals surface area contributed by atoms with Gasteiger partial charge in [-0.1, -0.05) is 0 Å². The number of aromatic nitrogens is 2. The number of carbonyl (C=O) groups excluding carboxylic acids is 1. The van der Waals surface area contributed by atoms with Crippen LogP contribution in [0.5, 0.6) is 5.75 Å². The Morgan fingerprint density at radius 3 is 2.76 bits per heavy atom.